The topological polar surface area (TPSA) is 17.1 Å². The van der Waals surface area contributed by atoms with Gasteiger partial charge in [-0.25, -0.2) is 13.2 Å². The van der Waals surface area contributed by atoms with Gasteiger partial charge < -0.3 is 0 Å². The van der Waals surface area contributed by atoms with Crippen LogP contribution in [0.2, 0.25) is 4.34 Å². The minimum absolute atomic E-state index is 0.0967. The Balaban J connectivity index is 2.51. The van der Waals surface area contributed by atoms with Gasteiger partial charge in [-0.15, -0.1) is 11.3 Å². The third kappa shape index (κ3) is 2.35. The fraction of sp³-hybridized carbons (Fsp3) is 0. The number of benzene rings is 1. The molecule has 1 aromatic heterocycles. The van der Waals surface area contributed by atoms with Gasteiger partial charge in [-0.05, 0) is 12.1 Å². The summed E-state index contributed by atoms with van der Waals surface area (Å²) in [6.45, 7) is 0. The molecule has 6 heteroatoms. The van der Waals surface area contributed by atoms with Crippen LogP contribution in [-0.4, -0.2) is 5.78 Å². The highest BCUT2D eigenvalue weighted by atomic mass is 35.5. The van der Waals surface area contributed by atoms with Gasteiger partial charge in [-0.3, -0.25) is 4.79 Å². The van der Waals surface area contributed by atoms with Crippen LogP contribution in [-0.2, 0) is 0 Å². The summed E-state index contributed by atoms with van der Waals surface area (Å²) in [5.74, 6) is -4.37. The number of hydrogen-bond acceptors (Lipinski definition) is 2. The van der Waals surface area contributed by atoms with E-state index in [9.17, 15) is 18.0 Å². The summed E-state index contributed by atoms with van der Waals surface area (Å²) >= 11 is 6.52. The Hall–Kier alpha value is -1.33. The fourth-order valence-corrected chi connectivity index (χ4v) is 2.31. The summed E-state index contributed by atoms with van der Waals surface area (Å²) in [5.41, 5.74) is -0.773. The number of halogens is 4. The van der Waals surface area contributed by atoms with Gasteiger partial charge in [0.25, 0.3) is 0 Å². The Morgan fingerprint density at radius 3 is 2.18 bits per heavy atom. The molecule has 1 heterocycles. The van der Waals surface area contributed by atoms with Crippen molar-refractivity contribution < 1.29 is 18.0 Å². The second-order valence-electron chi connectivity index (χ2n) is 3.18. The summed E-state index contributed by atoms with van der Waals surface area (Å²) in [6, 6.07) is 3.73. The first-order valence-corrected chi connectivity index (χ1v) is 5.63. The molecule has 0 atom stereocenters. The summed E-state index contributed by atoms with van der Waals surface area (Å²) in [7, 11) is 0. The average molecular weight is 277 g/mol. The molecule has 0 saturated carbocycles. The van der Waals surface area contributed by atoms with Crippen LogP contribution in [0.25, 0.3) is 0 Å². The van der Waals surface area contributed by atoms with E-state index in [2.05, 4.69) is 0 Å². The van der Waals surface area contributed by atoms with Crippen LogP contribution in [0.4, 0.5) is 13.2 Å². The monoisotopic (exact) mass is 276 g/mol. The number of rotatable bonds is 2. The van der Waals surface area contributed by atoms with Gasteiger partial charge in [-0.2, -0.15) is 0 Å². The second-order valence-corrected chi connectivity index (χ2v) is 4.89. The zero-order chi connectivity index (χ0) is 12.6. The number of ketones is 1. The molecule has 88 valence electrons. The lowest BCUT2D eigenvalue weighted by Gasteiger charge is -2.02. The Kier molecular flexibility index (Phi) is 3.22. The zero-order valence-corrected chi connectivity index (χ0v) is 9.71. The van der Waals surface area contributed by atoms with Crippen LogP contribution < -0.4 is 0 Å². The molecule has 17 heavy (non-hydrogen) atoms. The number of carbonyl (C=O) groups is 1. The van der Waals surface area contributed by atoms with Gasteiger partial charge >= 0.3 is 0 Å². The lowest BCUT2D eigenvalue weighted by Crippen LogP contribution is -2.06. The molecule has 0 radical (unpaired) electrons. The summed E-state index contributed by atoms with van der Waals surface area (Å²) in [5, 5.41) is 0. The molecule has 2 rings (SSSR count). The third-order valence-corrected chi connectivity index (χ3v) is 3.26. The van der Waals surface area contributed by atoms with Crippen LogP contribution in [0.5, 0.6) is 0 Å². The molecular weight excluding hydrogens is 273 g/mol. The molecular formula is C11H4ClF3OS. The van der Waals surface area contributed by atoms with E-state index >= 15 is 0 Å². The standard InChI is InChI=1S/C11H4ClF3OS/c12-9-2-1-8(17-9)11(16)10-6(14)3-5(13)4-7(10)15/h1-4H. The molecule has 1 nitrogen and oxygen atoms in total. The van der Waals surface area contributed by atoms with Gasteiger partial charge in [-0.1, -0.05) is 11.6 Å². The smallest absolute Gasteiger partial charge is 0.208 e. The maximum Gasteiger partial charge on any atom is 0.208 e. The average Bonchev–Trinajstić information content (AvgIpc) is 2.63. The van der Waals surface area contributed by atoms with Crippen LogP contribution in [0, 0.1) is 17.5 Å². The second kappa shape index (κ2) is 4.50. The Morgan fingerprint density at radius 1 is 1.12 bits per heavy atom. The van der Waals surface area contributed by atoms with Crippen LogP contribution >= 0.6 is 22.9 Å². The Bertz CT molecular complexity index is 571. The van der Waals surface area contributed by atoms with Crippen molar-refractivity contribution in [1.29, 1.82) is 0 Å². The molecule has 0 saturated heterocycles. The predicted octanol–water partition coefficient (Wildman–Crippen LogP) is 4.05. The van der Waals surface area contributed by atoms with Crippen LogP contribution in [0.3, 0.4) is 0 Å². The Morgan fingerprint density at radius 2 is 1.71 bits per heavy atom. The minimum atomic E-state index is -1.22. The molecule has 0 aliphatic carbocycles. The summed E-state index contributed by atoms with van der Waals surface area (Å²) < 4.78 is 39.6. The van der Waals surface area contributed by atoms with Crippen molar-refractivity contribution in [1.82, 2.24) is 0 Å². The van der Waals surface area contributed by atoms with Crippen molar-refractivity contribution in [3.8, 4) is 0 Å². The molecule has 0 fully saturated rings. The first-order valence-electron chi connectivity index (χ1n) is 4.43. The van der Waals surface area contributed by atoms with E-state index in [-0.39, 0.29) is 4.88 Å². The van der Waals surface area contributed by atoms with E-state index < -0.39 is 28.8 Å². The van der Waals surface area contributed by atoms with Crippen molar-refractivity contribution in [3.63, 3.8) is 0 Å². The first-order chi connectivity index (χ1) is 7.99. The van der Waals surface area contributed by atoms with E-state index in [0.29, 0.717) is 16.5 Å². The highest BCUT2D eigenvalue weighted by Crippen LogP contribution is 2.26. The van der Waals surface area contributed by atoms with Crippen LogP contribution in [0.1, 0.15) is 15.2 Å². The van der Waals surface area contributed by atoms with Crippen molar-refractivity contribution in [2.45, 2.75) is 0 Å². The lowest BCUT2D eigenvalue weighted by atomic mass is 10.1. The number of thiophene rings is 1. The van der Waals surface area contributed by atoms with Crippen molar-refractivity contribution in [2.75, 3.05) is 0 Å². The van der Waals surface area contributed by atoms with E-state index in [4.69, 9.17) is 11.6 Å². The van der Waals surface area contributed by atoms with Crippen molar-refractivity contribution in [2.24, 2.45) is 0 Å². The fourth-order valence-electron chi connectivity index (χ4n) is 1.32. The van der Waals surface area contributed by atoms with E-state index in [1.807, 2.05) is 0 Å². The molecule has 2 aromatic rings. The Labute approximate surface area is 103 Å². The highest BCUT2D eigenvalue weighted by molar-refractivity contribution is 7.18. The SMILES string of the molecule is O=C(c1ccc(Cl)s1)c1c(F)cc(F)cc1F. The van der Waals surface area contributed by atoms with Crippen molar-refractivity contribution in [3.05, 3.63) is 56.5 Å². The van der Waals surface area contributed by atoms with Gasteiger partial charge in [0.05, 0.1) is 14.8 Å². The van der Waals surface area contributed by atoms with Crippen molar-refractivity contribution >= 4 is 28.7 Å². The summed E-state index contributed by atoms with van der Waals surface area (Å²) in [4.78, 5) is 11.9. The predicted molar refractivity (Wildman–Crippen MR) is 59.1 cm³/mol. The summed E-state index contributed by atoms with van der Waals surface area (Å²) in [6.07, 6.45) is 0. The molecule has 0 aliphatic rings. The van der Waals surface area contributed by atoms with Crippen LogP contribution in [0.15, 0.2) is 24.3 Å². The molecule has 1 aromatic carbocycles. The third-order valence-electron chi connectivity index (χ3n) is 2.03. The maximum atomic E-state index is 13.3. The normalized spacial score (nSPS) is 10.6. The van der Waals surface area contributed by atoms with E-state index in [0.717, 1.165) is 11.3 Å². The number of carbonyl (C=O) groups excluding carboxylic acids is 1. The molecule has 0 aliphatic heterocycles. The van der Waals surface area contributed by atoms with Gasteiger partial charge in [0.15, 0.2) is 0 Å². The highest BCUT2D eigenvalue weighted by Gasteiger charge is 2.21. The zero-order valence-electron chi connectivity index (χ0n) is 8.14. The molecule has 0 spiro atoms. The van der Waals surface area contributed by atoms with Gasteiger partial charge in [0.2, 0.25) is 5.78 Å². The number of hydrogen-bond donors (Lipinski definition) is 0. The molecule has 0 amide bonds. The van der Waals surface area contributed by atoms with E-state index in [1.54, 1.807) is 0 Å². The van der Waals surface area contributed by atoms with E-state index in [1.165, 1.54) is 12.1 Å². The molecule has 0 bridgehead atoms. The largest absolute Gasteiger partial charge is 0.287 e. The lowest BCUT2D eigenvalue weighted by molar-refractivity contribution is 0.103. The molecule has 0 N–H and O–H groups in total. The quantitative estimate of drug-likeness (QED) is 0.756. The van der Waals surface area contributed by atoms with Gasteiger partial charge in [0, 0.05) is 12.1 Å². The first kappa shape index (κ1) is 12.1. The minimum Gasteiger partial charge on any atom is -0.287 e. The van der Waals surface area contributed by atoms with Gasteiger partial charge in [0.1, 0.15) is 17.5 Å². The maximum absolute atomic E-state index is 13.3. The molecule has 0 unspecified atom stereocenters.